The fourth-order valence-electron chi connectivity index (χ4n) is 2.21. The van der Waals surface area contributed by atoms with E-state index in [-0.39, 0.29) is 0 Å². The number of thiazole rings is 1. The molecule has 3 heteroatoms. The van der Waals surface area contributed by atoms with Crippen LogP contribution in [-0.4, -0.2) is 4.98 Å². The Labute approximate surface area is 140 Å². The van der Waals surface area contributed by atoms with E-state index in [1.165, 1.54) is 0 Å². The predicted octanol–water partition coefficient (Wildman–Crippen LogP) is 4.67. The van der Waals surface area contributed by atoms with Crippen molar-refractivity contribution in [2.45, 2.75) is 12.8 Å². The second-order valence-electron chi connectivity index (χ2n) is 5.02. The number of aryl methyl sites for hydroxylation is 1. The normalized spacial score (nSPS) is 9.70. The minimum atomic E-state index is 0.697. The van der Waals surface area contributed by atoms with E-state index in [9.17, 15) is 0 Å². The van der Waals surface area contributed by atoms with Crippen molar-refractivity contribution < 1.29 is 0 Å². The van der Waals surface area contributed by atoms with Gasteiger partial charge in [0.15, 0.2) is 5.01 Å². The van der Waals surface area contributed by atoms with E-state index >= 15 is 0 Å². The summed E-state index contributed by atoms with van der Waals surface area (Å²) in [7, 11) is 0. The smallest absolute Gasteiger partial charge is 0.167 e. The first-order valence-electron chi connectivity index (χ1n) is 7.34. The van der Waals surface area contributed by atoms with Crippen LogP contribution in [0.15, 0.2) is 60.0 Å². The summed E-state index contributed by atoms with van der Waals surface area (Å²) in [4.78, 5) is 4.55. The van der Waals surface area contributed by atoms with Crippen molar-refractivity contribution in [2.75, 3.05) is 0 Å². The molecule has 0 fully saturated rings. The monoisotopic (exact) mass is 314 g/mol. The van der Waals surface area contributed by atoms with Crippen LogP contribution in [0.25, 0.3) is 11.3 Å². The first-order chi connectivity index (χ1) is 11.3. The molecule has 0 saturated carbocycles. The topological polar surface area (TPSA) is 36.7 Å². The van der Waals surface area contributed by atoms with Crippen LogP contribution in [-0.2, 0) is 6.42 Å². The summed E-state index contributed by atoms with van der Waals surface area (Å²) >= 11 is 1.57. The van der Waals surface area contributed by atoms with Crippen LogP contribution in [0.3, 0.4) is 0 Å². The molecule has 0 aliphatic carbocycles. The molecule has 0 unspecified atom stereocenters. The second kappa shape index (κ2) is 7.40. The third kappa shape index (κ3) is 4.07. The highest BCUT2D eigenvalue weighted by atomic mass is 32.1. The molecule has 0 amide bonds. The Morgan fingerprint density at radius 3 is 2.74 bits per heavy atom. The minimum absolute atomic E-state index is 0.697. The zero-order valence-electron chi connectivity index (χ0n) is 12.5. The van der Waals surface area contributed by atoms with Gasteiger partial charge in [-0.3, -0.25) is 0 Å². The van der Waals surface area contributed by atoms with Gasteiger partial charge >= 0.3 is 0 Å². The van der Waals surface area contributed by atoms with Crippen molar-refractivity contribution >= 4 is 11.3 Å². The second-order valence-corrected chi connectivity index (χ2v) is 5.88. The van der Waals surface area contributed by atoms with Gasteiger partial charge in [-0.05, 0) is 30.0 Å². The van der Waals surface area contributed by atoms with Crippen LogP contribution in [0.4, 0.5) is 0 Å². The van der Waals surface area contributed by atoms with Gasteiger partial charge in [0.2, 0.25) is 0 Å². The standard InChI is InChI=1S/C20H14N2S/c21-14-17-9-6-8-16(13-17)7-4-5-12-20-22-19(15-23-20)18-10-2-1-3-11-18/h1-3,6,8-11,13,15H,4,7H2. The van der Waals surface area contributed by atoms with Crippen LogP contribution in [0, 0.1) is 23.2 Å². The molecule has 0 N–H and O–H groups in total. The van der Waals surface area contributed by atoms with E-state index in [1.807, 2.05) is 47.8 Å². The van der Waals surface area contributed by atoms with E-state index in [0.717, 1.165) is 34.7 Å². The third-order valence-electron chi connectivity index (χ3n) is 3.36. The van der Waals surface area contributed by atoms with E-state index in [1.54, 1.807) is 11.3 Å². The number of aromatic nitrogens is 1. The molecule has 0 radical (unpaired) electrons. The average Bonchev–Trinajstić information content (AvgIpc) is 3.09. The van der Waals surface area contributed by atoms with Gasteiger partial charge in [-0.15, -0.1) is 11.3 Å². The highest BCUT2D eigenvalue weighted by Crippen LogP contribution is 2.20. The van der Waals surface area contributed by atoms with Gasteiger partial charge in [0, 0.05) is 17.4 Å². The maximum atomic E-state index is 8.89. The van der Waals surface area contributed by atoms with Crippen LogP contribution in [0.5, 0.6) is 0 Å². The Balaban J connectivity index is 1.62. The molecule has 0 spiro atoms. The maximum absolute atomic E-state index is 8.89. The van der Waals surface area contributed by atoms with Gasteiger partial charge in [-0.25, -0.2) is 4.98 Å². The lowest BCUT2D eigenvalue weighted by Gasteiger charge is -1.96. The molecular formula is C20H14N2S. The fourth-order valence-corrected chi connectivity index (χ4v) is 2.91. The Morgan fingerprint density at radius 2 is 1.91 bits per heavy atom. The Kier molecular flexibility index (Phi) is 4.84. The summed E-state index contributed by atoms with van der Waals surface area (Å²) < 4.78 is 0. The van der Waals surface area contributed by atoms with Crippen LogP contribution in [0.1, 0.15) is 22.6 Å². The van der Waals surface area contributed by atoms with E-state index < -0.39 is 0 Å². The number of hydrogen-bond donors (Lipinski definition) is 0. The zero-order valence-corrected chi connectivity index (χ0v) is 13.3. The van der Waals surface area contributed by atoms with Gasteiger partial charge in [0.1, 0.15) is 0 Å². The van der Waals surface area contributed by atoms with Crippen molar-refractivity contribution in [3.63, 3.8) is 0 Å². The van der Waals surface area contributed by atoms with Gasteiger partial charge in [-0.2, -0.15) is 5.26 Å². The molecule has 2 nitrogen and oxygen atoms in total. The quantitative estimate of drug-likeness (QED) is 0.659. The highest BCUT2D eigenvalue weighted by molar-refractivity contribution is 7.10. The summed E-state index contributed by atoms with van der Waals surface area (Å²) in [6.07, 6.45) is 1.61. The lowest BCUT2D eigenvalue weighted by Crippen LogP contribution is -1.85. The van der Waals surface area contributed by atoms with Crippen molar-refractivity contribution in [1.82, 2.24) is 4.98 Å². The molecule has 0 aliphatic rings. The summed E-state index contributed by atoms with van der Waals surface area (Å²) in [5.74, 6) is 6.29. The molecule has 0 atom stereocenters. The van der Waals surface area contributed by atoms with Crippen molar-refractivity contribution in [2.24, 2.45) is 0 Å². The highest BCUT2D eigenvalue weighted by Gasteiger charge is 2.01. The average molecular weight is 314 g/mol. The number of benzene rings is 2. The SMILES string of the molecule is N#Cc1cccc(CCC#Cc2nc(-c3ccccc3)cs2)c1. The van der Waals surface area contributed by atoms with Crippen LogP contribution >= 0.6 is 11.3 Å². The minimum Gasteiger partial charge on any atom is -0.228 e. The number of nitriles is 1. The van der Waals surface area contributed by atoms with E-state index in [2.05, 4.69) is 35.0 Å². The van der Waals surface area contributed by atoms with Crippen LogP contribution in [0.2, 0.25) is 0 Å². The molecule has 1 aromatic heterocycles. The summed E-state index contributed by atoms with van der Waals surface area (Å²) in [5, 5.41) is 11.8. The molecule has 2 aromatic carbocycles. The molecule has 23 heavy (non-hydrogen) atoms. The zero-order chi connectivity index (χ0) is 15.9. The van der Waals surface area contributed by atoms with Gasteiger partial charge in [0.25, 0.3) is 0 Å². The molecule has 0 bridgehead atoms. The third-order valence-corrected chi connectivity index (χ3v) is 4.12. The first kappa shape index (κ1) is 15.0. The Bertz CT molecular complexity index is 892. The van der Waals surface area contributed by atoms with Crippen LogP contribution < -0.4 is 0 Å². The van der Waals surface area contributed by atoms with Crippen molar-refractivity contribution in [1.29, 1.82) is 5.26 Å². The largest absolute Gasteiger partial charge is 0.228 e. The lowest BCUT2D eigenvalue weighted by atomic mass is 10.1. The molecule has 0 aliphatic heterocycles. The van der Waals surface area contributed by atoms with E-state index in [0.29, 0.717) is 5.56 Å². The first-order valence-corrected chi connectivity index (χ1v) is 8.22. The predicted molar refractivity (Wildman–Crippen MR) is 93.9 cm³/mol. The lowest BCUT2D eigenvalue weighted by molar-refractivity contribution is 1.03. The van der Waals surface area contributed by atoms with Crippen molar-refractivity contribution in [3.8, 4) is 29.2 Å². The van der Waals surface area contributed by atoms with Gasteiger partial charge < -0.3 is 0 Å². The molecule has 1 heterocycles. The summed E-state index contributed by atoms with van der Waals surface area (Å²) in [6, 6.07) is 19.9. The van der Waals surface area contributed by atoms with Crippen molar-refractivity contribution in [3.05, 3.63) is 76.1 Å². The summed E-state index contributed by atoms with van der Waals surface area (Å²) in [6.45, 7) is 0. The van der Waals surface area contributed by atoms with Gasteiger partial charge in [0.05, 0.1) is 17.3 Å². The molecular weight excluding hydrogens is 300 g/mol. The maximum Gasteiger partial charge on any atom is 0.167 e. The fraction of sp³-hybridized carbons (Fsp3) is 0.100. The van der Waals surface area contributed by atoms with E-state index in [4.69, 9.17) is 5.26 Å². The molecule has 3 rings (SSSR count). The summed E-state index contributed by atoms with van der Waals surface area (Å²) in [5.41, 5.74) is 3.93. The number of hydrogen-bond acceptors (Lipinski definition) is 3. The van der Waals surface area contributed by atoms with Gasteiger partial charge in [-0.1, -0.05) is 48.4 Å². The number of rotatable bonds is 3. The number of nitrogens with zero attached hydrogens (tertiary/aromatic N) is 2. The Morgan fingerprint density at radius 1 is 1.04 bits per heavy atom. The molecule has 110 valence electrons. The molecule has 0 saturated heterocycles. The molecule has 3 aromatic rings. The Hall–Kier alpha value is -2.88.